The molecule has 0 spiro atoms. The van der Waals surface area contributed by atoms with Crippen LogP contribution in [0.5, 0.6) is 0 Å². The number of hydrogen-bond donors (Lipinski definition) is 3. The van der Waals surface area contributed by atoms with Gasteiger partial charge in [-0.15, -0.1) is 0 Å². The Hall–Kier alpha value is -2.23. The third-order valence-electron chi connectivity index (χ3n) is 4.55. The Balaban J connectivity index is 1.93. The Morgan fingerprint density at radius 3 is 2.68 bits per heavy atom. The first-order chi connectivity index (χ1) is 11.8. The maximum atomic E-state index is 13.1. The van der Waals surface area contributed by atoms with E-state index in [0.29, 0.717) is 37.2 Å². The summed E-state index contributed by atoms with van der Waals surface area (Å²) in [5, 5.41) is 15.6. The number of primary sulfonamides is 1. The molecule has 0 bridgehead atoms. The number of aromatic nitrogens is 2. The van der Waals surface area contributed by atoms with Crippen molar-refractivity contribution in [3.63, 3.8) is 0 Å². The zero-order valence-electron chi connectivity index (χ0n) is 13.9. The lowest BCUT2D eigenvalue weighted by Crippen LogP contribution is -2.52. The Morgan fingerprint density at radius 1 is 1.36 bits per heavy atom. The van der Waals surface area contributed by atoms with Crippen LogP contribution < -0.4 is 15.8 Å². The minimum Gasteiger partial charge on any atom is -0.324 e. The smallest absolute Gasteiger partial charge is 0.252 e. The number of piperidine rings is 1. The monoisotopic (exact) mass is 363 g/mol. The van der Waals surface area contributed by atoms with Crippen LogP contribution >= 0.6 is 0 Å². The summed E-state index contributed by atoms with van der Waals surface area (Å²) in [7, 11) is -3.85. The maximum Gasteiger partial charge on any atom is 0.252 e. The number of nitrogens with zero attached hydrogens (tertiary/aromatic N) is 2. The zero-order valence-corrected chi connectivity index (χ0v) is 14.7. The maximum absolute atomic E-state index is 13.1. The highest BCUT2D eigenvalue weighted by Crippen LogP contribution is 2.29. The largest absolute Gasteiger partial charge is 0.324 e. The average molecular weight is 363 g/mol. The third-order valence-corrected chi connectivity index (χ3v) is 5.60. The van der Waals surface area contributed by atoms with E-state index in [1.165, 1.54) is 6.07 Å². The molecule has 1 aliphatic heterocycles. The fourth-order valence-corrected chi connectivity index (χ4v) is 3.96. The highest BCUT2D eigenvalue weighted by atomic mass is 32.2. The van der Waals surface area contributed by atoms with Gasteiger partial charge in [0.25, 0.3) is 5.91 Å². The lowest BCUT2D eigenvalue weighted by molar-refractivity contribution is -0.126. The van der Waals surface area contributed by atoms with E-state index in [-0.39, 0.29) is 10.8 Å². The van der Waals surface area contributed by atoms with Crippen molar-refractivity contribution >= 4 is 21.6 Å². The average Bonchev–Trinajstić information content (AvgIpc) is 3.11. The minimum atomic E-state index is -3.85. The predicted molar refractivity (Wildman–Crippen MR) is 93.5 cm³/mol. The van der Waals surface area contributed by atoms with Crippen molar-refractivity contribution in [3.05, 3.63) is 42.2 Å². The van der Waals surface area contributed by atoms with E-state index in [1.54, 1.807) is 42.2 Å². The van der Waals surface area contributed by atoms with Crippen LogP contribution in [-0.4, -0.2) is 37.2 Å². The predicted octanol–water partition coefficient (Wildman–Crippen LogP) is 0.556. The van der Waals surface area contributed by atoms with Gasteiger partial charge in [-0.1, -0.05) is 6.07 Å². The molecule has 8 nitrogen and oxygen atoms in total. The first kappa shape index (κ1) is 17.6. The summed E-state index contributed by atoms with van der Waals surface area (Å²) >= 11 is 0. The molecule has 1 saturated heterocycles. The second-order valence-corrected chi connectivity index (χ2v) is 7.74. The van der Waals surface area contributed by atoms with Crippen LogP contribution in [0.15, 0.2) is 41.6 Å². The van der Waals surface area contributed by atoms with E-state index in [0.717, 1.165) is 0 Å². The molecule has 0 atom stereocenters. The van der Waals surface area contributed by atoms with Gasteiger partial charge in [-0.2, -0.15) is 5.10 Å². The number of benzene rings is 1. The van der Waals surface area contributed by atoms with Crippen molar-refractivity contribution in [3.8, 4) is 0 Å². The van der Waals surface area contributed by atoms with Crippen LogP contribution in [0.2, 0.25) is 0 Å². The summed E-state index contributed by atoms with van der Waals surface area (Å²) in [6, 6.07) is 6.46. The molecule has 9 heteroatoms. The van der Waals surface area contributed by atoms with Crippen LogP contribution in [0.1, 0.15) is 18.4 Å². The second-order valence-electron chi connectivity index (χ2n) is 6.21. The minimum absolute atomic E-state index is 0.00347. The van der Waals surface area contributed by atoms with Gasteiger partial charge in [-0.25, -0.2) is 13.6 Å². The molecule has 2 aromatic rings. The van der Waals surface area contributed by atoms with E-state index in [1.807, 2.05) is 0 Å². The van der Waals surface area contributed by atoms with Crippen LogP contribution in [-0.2, 0) is 20.4 Å². The molecule has 2 heterocycles. The number of carbonyl (C=O) groups is 1. The summed E-state index contributed by atoms with van der Waals surface area (Å²) < 4.78 is 25.1. The molecule has 1 fully saturated rings. The topological polar surface area (TPSA) is 119 Å². The number of amides is 1. The molecule has 0 aliphatic carbocycles. The molecule has 4 N–H and O–H groups in total. The lowest BCUT2D eigenvalue weighted by atomic mass is 9.87. The first-order valence-corrected chi connectivity index (χ1v) is 9.53. The molecule has 1 aromatic heterocycles. The van der Waals surface area contributed by atoms with Gasteiger partial charge in [0.15, 0.2) is 0 Å². The van der Waals surface area contributed by atoms with Crippen molar-refractivity contribution in [2.75, 3.05) is 18.4 Å². The fourth-order valence-electron chi connectivity index (χ4n) is 3.15. The standard InChI is InChI=1S/C16H21N5O3S/c1-12-3-4-13(11-14(12)25(17,23)24)20-15(22)16(5-8-18-9-6-16)21-10-2-7-19-21/h2-4,7,10-11,18H,5-6,8-9H2,1H3,(H,20,22)(H2,17,23,24). The van der Waals surface area contributed by atoms with Gasteiger partial charge in [0, 0.05) is 18.1 Å². The number of rotatable bonds is 4. The molecule has 25 heavy (non-hydrogen) atoms. The van der Waals surface area contributed by atoms with Gasteiger partial charge in [-0.05, 0) is 56.6 Å². The molecule has 134 valence electrons. The number of aryl methyl sites for hydroxylation is 1. The summed E-state index contributed by atoms with van der Waals surface area (Å²) in [5.74, 6) is -0.220. The van der Waals surface area contributed by atoms with Crippen LogP contribution in [0, 0.1) is 6.92 Å². The van der Waals surface area contributed by atoms with Crippen LogP contribution in [0.3, 0.4) is 0 Å². The quantitative estimate of drug-likeness (QED) is 0.733. The molecule has 0 unspecified atom stereocenters. The number of nitrogens with one attached hydrogen (secondary N) is 2. The van der Waals surface area contributed by atoms with E-state index >= 15 is 0 Å². The third kappa shape index (κ3) is 3.44. The molecular formula is C16H21N5O3S. The highest BCUT2D eigenvalue weighted by Gasteiger charge is 2.42. The van der Waals surface area contributed by atoms with Crippen molar-refractivity contribution < 1.29 is 13.2 Å². The number of anilines is 1. The van der Waals surface area contributed by atoms with Crippen molar-refractivity contribution in [2.24, 2.45) is 5.14 Å². The molecule has 3 rings (SSSR count). The van der Waals surface area contributed by atoms with Gasteiger partial charge in [-0.3, -0.25) is 9.48 Å². The molecule has 0 radical (unpaired) electrons. The van der Waals surface area contributed by atoms with E-state index in [4.69, 9.17) is 5.14 Å². The molecular weight excluding hydrogens is 342 g/mol. The van der Waals surface area contributed by atoms with Gasteiger partial charge in [0.2, 0.25) is 10.0 Å². The number of hydrogen-bond acceptors (Lipinski definition) is 5. The van der Waals surface area contributed by atoms with Gasteiger partial charge in [0.1, 0.15) is 5.54 Å². The summed E-state index contributed by atoms with van der Waals surface area (Å²) in [4.78, 5) is 13.1. The Morgan fingerprint density at radius 2 is 2.08 bits per heavy atom. The molecule has 1 amide bonds. The van der Waals surface area contributed by atoms with Crippen LogP contribution in [0.4, 0.5) is 5.69 Å². The van der Waals surface area contributed by atoms with Crippen molar-refractivity contribution in [1.82, 2.24) is 15.1 Å². The molecule has 1 aliphatic rings. The summed E-state index contributed by atoms with van der Waals surface area (Å²) in [5.41, 5.74) is 0.121. The summed E-state index contributed by atoms with van der Waals surface area (Å²) in [6.45, 7) is 3.05. The number of sulfonamides is 1. The zero-order chi connectivity index (χ0) is 18.1. The first-order valence-electron chi connectivity index (χ1n) is 7.99. The van der Waals surface area contributed by atoms with Gasteiger partial charge in [0.05, 0.1) is 4.90 Å². The fraction of sp³-hybridized carbons (Fsp3) is 0.375. The Bertz CT molecular complexity index is 871. The lowest BCUT2D eigenvalue weighted by Gasteiger charge is -2.36. The van der Waals surface area contributed by atoms with Crippen molar-refractivity contribution in [2.45, 2.75) is 30.2 Å². The normalized spacial score (nSPS) is 17.2. The highest BCUT2D eigenvalue weighted by molar-refractivity contribution is 7.89. The Kier molecular flexibility index (Phi) is 4.63. The van der Waals surface area contributed by atoms with Crippen molar-refractivity contribution in [1.29, 1.82) is 0 Å². The van der Waals surface area contributed by atoms with E-state index in [9.17, 15) is 13.2 Å². The van der Waals surface area contributed by atoms with E-state index in [2.05, 4.69) is 15.7 Å². The molecule has 0 saturated carbocycles. The Labute approximate surface area is 146 Å². The number of carbonyl (C=O) groups excluding carboxylic acids is 1. The second kappa shape index (κ2) is 6.58. The number of nitrogens with two attached hydrogens (primary N) is 1. The van der Waals surface area contributed by atoms with E-state index < -0.39 is 15.6 Å². The summed E-state index contributed by atoms with van der Waals surface area (Å²) in [6.07, 6.45) is 4.60. The van der Waals surface area contributed by atoms with Gasteiger partial charge >= 0.3 is 0 Å². The van der Waals surface area contributed by atoms with Gasteiger partial charge < -0.3 is 10.6 Å². The SMILES string of the molecule is Cc1ccc(NC(=O)C2(n3cccn3)CCNCC2)cc1S(N)(=O)=O. The molecule has 1 aromatic carbocycles. The van der Waals surface area contributed by atoms with Crippen LogP contribution in [0.25, 0.3) is 0 Å².